The molecule has 0 bridgehead atoms. The molecular weight excluding hydrogens is 220 g/mol. The van der Waals surface area contributed by atoms with Crippen LogP contribution in [0.5, 0.6) is 0 Å². The third-order valence-corrected chi connectivity index (χ3v) is 3.24. The molecule has 0 aliphatic heterocycles. The van der Waals surface area contributed by atoms with E-state index in [-0.39, 0.29) is 0 Å². The molecule has 2 N–H and O–H groups in total. The average Bonchev–Trinajstić information content (AvgIpc) is 2.37. The van der Waals surface area contributed by atoms with E-state index in [2.05, 4.69) is 30.6 Å². The second kappa shape index (κ2) is 14.7. The van der Waals surface area contributed by atoms with Gasteiger partial charge < -0.3 is 10.6 Å². The molecule has 0 heterocycles. The van der Waals surface area contributed by atoms with E-state index >= 15 is 0 Å². The molecule has 0 aromatic heterocycles. The van der Waals surface area contributed by atoms with Gasteiger partial charge in [-0.25, -0.2) is 0 Å². The van der Waals surface area contributed by atoms with Gasteiger partial charge in [0.15, 0.2) is 0 Å². The van der Waals surface area contributed by atoms with Gasteiger partial charge in [-0.05, 0) is 65.7 Å². The van der Waals surface area contributed by atoms with Crippen LogP contribution in [0.15, 0.2) is 11.6 Å². The number of hydrogen-bond donors (Lipinski definition) is 2. The highest BCUT2D eigenvalue weighted by Gasteiger charge is 1.93. The van der Waals surface area contributed by atoms with E-state index in [0.717, 1.165) is 13.1 Å². The Morgan fingerprint density at radius 2 is 1.67 bits per heavy atom. The molecular formula is C16H34N2. The Hall–Kier alpha value is -0.340. The molecule has 0 rings (SSSR count). The molecule has 0 saturated heterocycles. The first kappa shape index (κ1) is 17.7. The summed E-state index contributed by atoms with van der Waals surface area (Å²) in [6.45, 7) is 7.95. The molecule has 0 aliphatic rings. The monoisotopic (exact) mass is 254 g/mol. The fourth-order valence-corrected chi connectivity index (χ4v) is 2.06. The lowest BCUT2D eigenvalue weighted by Gasteiger charge is -2.04. The van der Waals surface area contributed by atoms with Crippen molar-refractivity contribution < 1.29 is 0 Å². The molecule has 0 spiro atoms. The summed E-state index contributed by atoms with van der Waals surface area (Å²) in [5.74, 6) is 0. The highest BCUT2D eigenvalue weighted by atomic mass is 14.8. The van der Waals surface area contributed by atoms with Gasteiger partial charge in [0.2, 0.25) is 0 Å². The van der Waals surface area contributed by atoms with Gasteiger partial charge in [-0.2, -0.15) is 0 Å². The smallest absolute Gasteiger partial charge is 0.00142 e. The first-order valence-corrected chi connectivity index (χ1v) is 7.82. The topological polar surface area (TPSA) is 24.1 Å². The van der Waals surface area contributed by atoms with E-state index < -0.39 is 0 Å². The molecule has 0 aliphatic carbocycles. The van der Waals surface area contributed by atoms with Gasteiger partial charge in [0, 0.05) is 0 Å². The van der Waals surface area contributed by atoms with Crippen molar-refractivity contribution in [1.29, 1.82) is 0 Å². The second-order valence-corrected chi connectivity index (χ2v) is 5.21. The molecule has 2 nitrogen and oxygen atoms in total. The Kier molecular flexibility index (Phi) is 14.4. The predicted octanol–water partition coefficient (Wildman–Crippen LogP) is 3.88. The molecule has 18 heavy (non-hydrogen) atoms. The van der Waals surface area contributed by atoms with E-state index in [9.17, 15) is 0 Å². The Morgan fingerprint density at radius 3 is 2.39 bits per heavy atom. The lowest BCUT2D eigenvalue weighted by atomic mass is 10.1. The summed E-state index contributed by atoms with van der Waals surface area (Å²) in [5, 5.41) is 6.64. The number of nitrogens with one attached hydrogen (secondary N) is 2. The Morgan fingerprint density at radius 1 is 0.944 bits per heavy atom. The fourth-order valence-electron chi connectivity index (χ4n) is 2.06. The SMILES string of the molecule is CCCNCC/C=C(\C)CCCCCCCNC. The van der Waals surface area contributed by atoms with E-state index in [1.807, 2.05) is 7.05 Å². The van der Waals surface area contributed by atoms with Crippen molar-refractivity contribution in [3.8, 4) is 0 Å². The summed E-state index contributed by atoms with van der Waals surface area (Å²) in [4.78, 5) is 0. The summed E-state index contributed by atoms with van der Waals surface area (Å²) in [6, 6.07) is 0. The van der Waals surface area contributed by atoms with Crippen molar-refractivity contribution in [1.82, 2.24) is 10.6 Å². The van der Waals surface area contributed by atoms with Crippen LogP contribution in [-0.2, 0) is 0 Å². The fraction of sp³-hybridized carbons (Fsp3) is 0.875. The predicted molar refractivity (Wildman–Crippen MR) is 83.2 cm³/mol. The number of hydrogen-bond acceptors (Lipinski definition) is 2. The Labute approximate surface area is 115 Å². The maximum atomic E-state index is 3.44. The molecule has 0 aromatic rings. The lowest BCUT2D eigenvalue weighted by Crippen LogP contribution is -2.15. The van der Waals surface area contributed by atoms with Crippen LogP contribution in [0, 0.1) is 0 Å². The molecule has 0 radical (unpaired) electrons. The van der Waals surface area contributed by atoms with Crippen LogP contribution in [0.4, 0.5) is 0 Å². The van der Waals surface area contributed by atoms with Gasteiger partial charge in [-0.15, -0.1) is 0 Å². The summed E-state index contributed by atoms with van der Waals surface area (Å²) >= 11 is 0. The van der Waals surface area contributed by atoms with Crippen LogP contribution >= 0.6 is 0 Å². The second-order valence-electron chi connectivity index (χ2n) is 5.21. The third kappa shape index (κ3) is 13.7. The van der Waals surface area contributed by atoms with Crippen molar-refractivity contribution in [3.63, 3.8) is 0 Å². The molecule has 0 unspecified atom stereocenters. The van der Waals surface area contributed by atoms with E-state index in [1.165, 1.54) is 57.9 Å². The Bertz CT molecular complexity index is 188. The van der Waals surface area contributed by atoms with Crippen LogP contribution in [0.25, 0.3) is 0 Å². The maximum Gasteiger partial charge on any atom is -0.00142 e. The minimum atomic E-state index is 1.13. The molecule has 0 saturated carbocycles. The summed E-state index contributed by atoms with van der Waals surface area (Å²) in [5.41, 5.74) is 1.57. The summed E-state index contributed by atoms with van der Waals surface area (Å²) in [6.07, 6.45) is 13.0. The minimum Gasteiger partial charge on any atom is -0.320 e. The van der Waals surface area contributed by atoms with Crippen molar-refractivity contribution in [2.75, 3.05) is 26.7 Å². The summed E-state index contributed by atoms with van der Waals surface area (Å²) < 4.78 is 0. The molecule has 0 atom stereocenters. The molecule has 0 fully saturated rings. The number of unbranched alkanes of at least 4 members (excludes halogenated alkanes) is 4. The van der Waals surface area contributed by atoms with Crippen LogP contribution in [-0.4, -0.2) is 26.7 Å². The first-order chi connectivity index (χ1) is 8.81. The zero-order valence-corrected chi connectivity index (χ0v) is 12.9. The van der Waals surface area contributed by atoms with Gasteiger partial charge in [-0.1, -0.05) is 37.8 Å². The lowest BCUT2D eigenvalue weighted by molar-refractivity contribution is 0.595. The van der Waals surface area contributed by atoms with Crippen molar-refractivity contribution >= 4 is 0 Å². The van der Waals surface area contributed by atoms with Crippen molar-refractivity contribution in [2.24, 2.45) is 0 Å². The highest BCUT2D eigenvalue weighted by molar-refractivity contribution is 4.97. The van der Waals surface area contributed by atoms with Gasteiger partial charge in [-0.3, -0.25) is 0 Å². The first-order valence-electron chi connectivity index (χ1n) is 7.82. The molecule has 0 amide bonds. The Balaban J connectivity index is 3.24. The van der Waals surface area contributed by atoms with Gasteiger partial charge in [0.25, 0.3) is 0 Å². The van der Waals surface area contributed by atoms with Gasteiger partial charge in [0.05, 0.1) is 0 Å². The molecule has 2 heteroatoms. The summed E-state index contributed by atoms with van der Waals surface area (Å²) in [7, 11) is 2.03. The van der Waals surface area contributed by atoms with E-state index in [4.69, 9.17) is 0 Å². The van der Waals surface area contributed by atoms with Crippen molar-refractivity contribution in [3.05, 3.63) is 11.6 Å². The zero-order chi connectivity index (χ0) is 13.5. The average molecular weight is 254 g/mol. The maximum absolute atomic E-state index is 3.44. The van der Waals surface area contributed by atoms with Crippen LogP contribution in [0.3, 0.4) is 0 Å². The van der Waals surface area contributed by atoms with Crippen LogP contribution in [0.2, 0.25) is 0 Å². The standard InChI is InChI=1S/C16H34N2/c1-4-13-18-15-10-12-16(2)11-8-6-5-7-9-14-17-3/h12,17-18H,4-11,13-15H2,1-3H3/b16-12+. The minimum absolute atomic E-state index is 1.13. The normalized spacial score (nSPS) is 12.1. The van der Waals surface area contributed by atoms with Crippen molar-refractivity contribution in [2.45, 2.75) is 65.2 Å². The zero-order valence-electron chi connectivity index (χ0n) is 12.9. The highest BCUT2D eigenvalue weighted by Crippen LogP contribution is 2.10. The third-order valence-electron chi connectivity index (χ3n) is 3.24. The van der Waals surface area contributed by atoms with Gasteiger partial charge in [0.1, 0.15) is 0 Å². The number of rotatable bonds is 13. The largest absolute Gasteiger partial charge is 0.320 e. The molecule has 108 valence electrons. The van der Waals surface area contributed by atoms with E-state index in [0.29, 0.717) is 0 Å². The van der Waals surface area contributed by atoms with E-state index in [1.54, 1.807) is 5.57 Å². The van der Waals surface area contributed by atoms with Gasteiger partial charge >= 0.3 is 0 Å². The van der Waals surface area contributed by atoms with Crippen LogP contribution < -0.4 is 10.6 Å². The molecule has 0 aromatic carbocycles. The number of allylic oxidation sites excluding steroid dienone is 1. The quantitative estimate of drug-likeness (QED) is 0.385. The van der Waals surface area contributed by atoms with Crippen LogP contribution in [0.1, 0.15) is 65.2 Å².